The van der Waals surface area contributed by atoms with Crippen LogP contribution in [0.15, 0.2) is 0 Å². The minimum absolute atomic E-state index is 0.223. The van der Waals surface area contributed by atoms with Crippen molar-refractivity contribution < 1.29 is 4.79 Å². The number of rotatable bonds is 5. The predicted molar refractivity (Wildman–Crippen MR) is 79.1 cm³/mol. The second kappa shape index (κ2) is 7.28. The maximum Gasteiger partial charge on any atom is 0.234 e. The number of carbonyl (C=O) groups excluding carboxylic acids is 1. The Bertz CT molecular complexity index is 280. The van der Waals surface area contributed by atoms with E-state index in [-0.39, 0.29) is 5.91 Å². The topological polar surface area (TPSA) is 32.3 Å². The van der Waals surface area contributed by atoms with Crippen LogP contribution in [-0.2, 0) is 4.79 Å². The Morgan fingerprint density at radius 1 is 1.11 bits per heavy atom. The van der Waals surface area contributed by atoms with Crippen molar-refractivity contribution in [2.45, 2.75) is 76.8 Å². The SMILES string of the molecule is CC(C1CC1)N(C)CC(=O)NC1CCCCCCC1. The Labute approximate surface area is 118 Å². The molecule has 110 valence electrons. The molecule has 1 N–H and O–H groups in total. The van der Waals surface area contributed by atoms with Crippen LogP contribution in [0, 0.1) is 5.92 Å². The Kier molecular flexibility index (Phi) is 5.68. The van der Waals surface area contributed by atoms with Gasteiger partial charge < -0.3 is 5.32 Å². The van der Waals surface area contributed by atoms with Gasteiger partial charge in [-0.05, 0) is 45.6 Å². The molecule has 2 aliphatic rings. The van der Waals surface area contributed by atoms with E-state index >= 15 is 0 Å². The third-order valence-electron chi connectivity index (χ3n) is 4.86. The third-order valence-corrected chi connectivity index (χ3v) is 4.86. The molecule has 19 heavy (non-hydrogen) atoms. The molecule has 2 aliphatic carbocycles. The highest BCUT2D eigenvalue weighted by Gasteiger charge is 2.31. The van der Waals surface area contributed by atoms with Crippen LogP contribution in [0.5, 0.6) is 0 Å². The summed E-state index contributed by atoms with van der Waals surface area (Å²) in [6.45, 7) is 2.81. The molecule has 1 unspecified atom stereocenters. The molecule has 1 amide bonds. The monoisotopic (exact) mass is 266 g/mol. The van der Waals surface area contributed by atoms with Crippen molar-refractivity contribution in [3.05, 3.63) is 0 Å². The molecule has 2 saturated carbocycles. The molecule has 0 saturated heterocycles. The maximum absolute atomic E-state index is 12.1. The molecule has 3 nitrogen and oxygen atoms in total. The number of nitrogens with one attached hydrogen (secondary N) is 1. The summed E-state index contributed by atoms with van der Waals surface area (Å²) in [5.74, 6) is 1.06. The highest BCUT2D eigenvalue weighted by Crippen LogP contribution is 2.34. The summed E-state index contributed by atoms with van der Waals surface area (Å²) in [7, 11) is 2.08. The van der Waals surface area contributed by atoms with E-state index in [0.717, 1.165) is 5.92 Å². The molecule has 3 heteroatoms. The van der Waals surface area contributed by atoms with Crippen LogP contribution < -0.4 is 5.32 Å². The fourth-order valence-corrected chi connectivity index (χ4v) is 3.18. The lowest BCUT2D eigenvalue weighted by Crippen LogP contribution is -2.44. The van der Waals surface area contributed by atoms with Gasteiger partial charge in [-0.3, -0.25) is 9.69 Å². The smallest absolute Gasteiger partial charge is 0.234 e. The lowest BCUT2D eigenvalue weighted by Gasteiger charge is -2.26. The lowest BCUT2D eigenvalue weighted by molar-refractivity contribution is -0.123. The van der Waals surface area contributed by atoms with Crippen molar-refractivity contribution >= 4 is 5.91 Å². The number of amides is 1. The van der Waals surface area contributed by atoms with Gasteiger partial charge in [-0.25, -0.2) is 0 Å². The fraction of sp³-hybridized carbons (Fsp3) is 0.938. The van der Waals surface area contributed by atoms with Crippen LogP contribution in [-0.4, -0.2) is 36.5 Å². The summed E-state index contributed by atoms with van der Waals surface area (Å²) in [5.41, 5.74) is 0. The van der Waals surface area contributed by atoms with Gasteiger partial charge in [0.05, 0.1) is 6.54 Å². The standard InChI is InChI=1S/C16H30N2O/c1-13(14-10-11-14)18(2)12-16(19)17-15-8-6-4-3-5-7-9-15/h13-15H,3-12H2,1-2H3,(H,17,19). The van der Waals surface area contributed by atoms with Crippen LogP contribution in [0.3, 0.4) is 0 Å². The minimum atomic E-state index is 0.223. The van der Waals surface area contributed by atoms with Gasteiger partial charge in [0.25, 0.3) is 0 Å². The van der Waals surface area contributed by atoms with Crippen molar-refractivity contribution in [1.82, 2.24) is 10.2 Å². The van der Waals surface area contributed by atoms with Crippen molar-refractivity contribution in [2.75, 3.05) is 13.6 Å². The van der Waals surface area contributed by atoms with Gasteiger partial charge in [-0.1, -0.05) is 32.1 Å². The number of hydrogen-bond donors (Lipinski definition) is 1. The molecular weight excluding hydrogens is 236 g/mol. The molecule has 0 bridgehead atoms. The molecule has 2 fully saturated rings. The first-order chi connectivity index (χ1) is 9.16. The van der Waals surface area contributed by atoms with Crippen molar-refractivity contribution in [3.8, 4) is 0 Å². The van der Waals surface area contributed by atoms with E-state index in [2.05, 4.69) is 24.2 Å². The minimum Gasteiger partial charge on any atom is -0.352 e. The van der Waals surface area contributed by atoms with Gasteiger partial charge >= 0.3 is 0 Å². The fourth-order valence-electron chi connectivity index (χ4n) is 3.18. The number of likely N-dealkylation sites (N-methyl/N-ethyl adjacent to an activating group) is 1. The average Bonchev–Trinajstić information content (AvgIpc) is 3.15. The number of nitrogens with zero attached hydrogens (tertiary/aromatic N) is 1. The normalized spacial score (nSPS) is 23.7. The second-order valence-electron chi connectivity index (χ2n) is 6.60. The van der Waals surface area contributed by atoms with E-state index in [4.69, 9.17) is 0 Å². The maximum atomic E-state index is 12.1. The summed E-state index contributed by atoms with van der Waals surface area (Å²) in [5, 5.41) is 3.25. The van der Waals surface area contributed by atoms with Gasteiger partial charge in [0.1, 0.15) is 0 Å². The molecule has 0 aliphatic heterocycles. The van der Waals surface area contributed by atoms with Gasteiger partial charge in [-0.2, -0.15) is 0 Å². The first-order valence-electron chi connectivity index (χ1n) is 8.16. The summed E-state index contributed by atoms with van der Waals surface area (Å²) in [6, 6.07) is 0.987. The van der Waals surface area contributed by atoms with E-state index in [1.165, 1.54) is 57.8 Å². The zero-order valence-electron chi connectivity index (χ0n) is 12.7. The number of carbonyl (C=O) groups is 1. The van der Waals surface area contributed by atoms with Crippen LogP contribution >= 0.6 is 0 Å². The van der Waals surface area contributed by atoms with Gasteiger partial charge in [0, 0.05) is 12.1 Å². The molecule has 1 atom stereocenters. The lowest BCUT2D eigenvalue weighted by atomic mass is 9.97. The Morgan fingerprint density at radius 3 is 2.26 bits per heavy atom. The van der Waals surface area contributed by atoms with Gasteiger partial charge in [0.15, 0.2) is 0 Å². The van der Waals surface area contributed by atoms with E-state index in [0.29, 0.717) is 18.6 Å². The molecule has 0 aromatic rings. The molecule has 0 aromatic heterocycles. The molecule has 2 rings (SSSR count). The van der Waals surface area contributed by atoms with Crippen LogP contribution in [0.1, 0.15) is 64.7 Å². The summed E-state index contributed by atoms with van der Waals surface area (Å²) in [6.07, 6.45) is 11.6. The largest absolute Gasteiger partial charge is 0.352 e. The average molecular weight is 266 g/mol. The molecule has 0 aromatic carbocycles. The Hall–Kier alpha value is -0.570. The van der Waals surface area contributed by atoms with Gasteiger partial charge in [0.2, 0.25) is 5.91 Å². The predicted octanol–water partition coefficient (Wildman–Crippen LogP) is 2.95. The first-order valence-corrected chi connectivity index (χ1v) is 8.16. The molecule has 0 heterocycles. The van der Waals surface area contributed by atoms with Crippen molar-refractivity contribution in [2.24, 2.45) is 5.92 Å². The van der Waals surface area contributed by atoms with E-state index < -0.39 is 0 Å². The first kappa shape index (κ1) is 14.8. The molecular formula is C16H30N2O. The quantitative estimate of drug-likeness (QED) is 0.830. The van der Waals surface area contributed by atoms with E-state index in [9.17, 15) is 4.79 Å². The summed E-state index contributed by atoms with van der Waals surface area (Å²) in [4.78, 5) is 14.3. The molecule has 0 spiro atoms. The summed E-state index contributed by atoms with van der Waals surface area (Å²) < 4.78 is 0. The van der Waals surface area contributed by atoms with E-state index in [1.807, 2.05) is 0 Å². The summed E-state index contributed by atoms with van der Waals surface area (Å²) >= 11 is 0. The Balaban J connectivity index is 1.69. The van der Waals surface area contributed by atoms with Crippen LogP contribution in [0.2, 0.25) is 0 Å². The Morgan fingerprint density at radius 2 is 1.68 bits per heavy atom. The highest BCUT2D eigenvalue weighted by molar-refractivity contribution is 5.78. The third kappa shape index (κ3) is 5.13. The van der Waals surface area contributed by atoms with Crippen LogP contribution in [0.25, 0.3) is 0 Å². The van der Waals surface area contributed by atoms with E-state index in [1.54, 1.807) is 0 Å². The zero-order valence-corrected chi connectivity index (χ0v) is 12.7. The van der Waals surface area contributed by atoms with Gasteiger partial charge in [-0.15, -0.1) is 0 Å². The van der Waals surface area contributed by atoms with Crippen molar-refractivity contribution in [3.63, 3.8) is 0 Å². The number of hydrogen-bond acceptors (Lipinski definition) is 2. The second-order valence-corrected chi connectivity index (χ2v) is 6.60. The highest BCUT2D eigenvalue weighted by atomic mass is 16.2. The van der Waals surface area contributed by atoms with Crippen LogP contribution in [0.4, 0.5) is 0 Å². The zero-order chi connectivity index (χ0) is 13.7. The van der Waals surface area contributed by atoms with Crippen molar-refractivity contribution in [1.29, 1.82) is 0 Å². The molecule has 0 radical (unpaired) electrons.